The third-order valence-corrected chi connectivity index (χ3v) is 2.57. The summed E-state index contributed by atoms with van der Waals surface area (Å²) in [5.41, 5.74) is 0.407. The number of hydrogen-bond acceptors (Lipinski definition) is 8. The number of aliphatic hydroxyl groups excluding tert-OH is 2. The number of aliphatic hydroxyl groups is 4. The number of hydrogen-bond donors (Lipinski definition) is 4. The molecule has 0 saturated heterocycles. The van der Waals surface area contributed by atoms with Gasteiger partial charge in [0, 0.05) is 12.8 Å². The lowest BCUT2D eigenvalue weighted by atomic mass is 10.1. The zero-order chi connectivity index (χ0) is 16.5. The first-order chi connectivity index (χ1) is 10.4. The van der Waals surface area contributed by atoms with Crippen LogP contribution in [0.5, 0.6) is 0 Å². The molecule has 0 spiro atoms. The van der Waals surface area contributed by atoms with Gasteiger partial charge in [0.25, 0.3) is 0 Å². The van der Waals surface area contributed by atoms with Crippen LogP contribution in [0.4, 0.5) is 0 Å². The summed E-state index contributed by atoms with van der Waals surface area (Å²) < 4.78 is 9.60. The van der Waals surface area contributed by atoms with E-state index in [2.05, 4.69) is 0 Å². The molecule has 0 aliphatic carbocycles. The second kappa shape index (κ2) is 9.11. The van der Waals surface area contributed by atoms with Gasteiger partial charge in [-0.15, -0.1) is 0 Å². The van der Waals surface area contributed by atoms with Crippen molar-refractivity contribution >= 4 is 11.9 Å². The molecule has 4 N–H and O–H groups in total. The maximum atomic E-state index is 11.6. The second-order valence-corrected chi connectivity index (χ2v) is 4.39. The fourth-order valence-corrected chi connectivity index (χ4v) is 1.42. The van der Waals surface area contributed by atoms with Crippen molar-refractivity contribution in [3.05, 3.63) is 35.4 Å². The van der Waals surface area contributed by atoms with Crippen LogP contribution in [0, 0.1) is 0 Å². The van der Waals surface area contributed by atoms with Crippen molar-refractivity contribution in [3.8, 4) is 0 Å². The molecule has 8 heteroatoms. The van der Waals surface area contributed by atoms with E-state index in [0.29, 0.717) is 0 Å². The molecular formula is C14H18O8. The maximum Gasteiger partial charge on any atom is 0.338 e. The molecule has 8 nitrogen and oxygen atoms in total. The van der Waals surface area contributed by atoms with E-state index in [9.17, 15) is 9.59 Å². The molecule has 0 aromatic heterocycles. The van der Waals surface area contributed by atoms with Gasteiger partial charge < -0.3 is 29.9 Å². The summed E-state index contributed by atoms with van der Waals surface area (Å²) in [6.45, 7) is -0.270. The SMILES string of the molecule is O=C(OCCC(O)O)c1ccc(C(=O)OCCC(O)O)cc1. The molecule has 0 heterocycles. The Balaban J connectivity index is 2.48. The van der Waals surface area contributed by atoms with Crippen molar-refractivity contribution < 1.29 is 39.5 Å². The molecule has 1 rings (SSSR count). The predicted molar refractivity (Wildman–Crippen MR) is 72.7 cm³/mol. The number of carbonyl (C=O) groups excluding carboxylic acids is 2. The zero-order valence-corrected chi connectivity index (χ0v) is 11.7. The van der Waals surface area contributed by atoms with Crippen LogP contribution < -0.4 is 0 Å². The third-order valence-electron chi connectivity index (χ3n) is 2.57. The summed E-state index contributed by atoms with van der Waals surface area (Å²) in [5.74, 6) is -1.30. The molecule has 0 unspecified atom stereocenters. The van der Waals surface area contributed by atoms with E-state index in [-0.39, 0.29) is 37.2 Å². The summed E-state index contributed by atoms with van der Waals surface area (Å²) in [6.07, 6.45) is -3.26. The summed E-state index contributed by atoms with van der Waals surface area (Å²) in [5, 5.41) is 34.5. The Kier molecular flexibility index (Phi) is 7.47. The highest BCUT2D eigenvalue weighted by Gasteiger charge is 2.11. The second-order valence-electron chi connectivity index (χ2n) is 4.39. The van der Waals surface area contributed by atoms with Gasteiger partial charge in [0.1, 0.15) is 0 Å². The molecule has 22 heavy (non-hydrogen) atoms. The van der Waals surface area contributed by atoms with E-state index in [0.717, 1.165) is 0 Å². The van der Waals surface area contributed by atoms with Gasteiger partial charge in [-0.1, -0.05) is 0 Å². The molecule has 0 atom stereocenters. The molecular weight excluding hydrogens is 296 g/mol. The van der Waals surface area contributed by atoms with E-state index in [1.54, 1.807) is 0 Å². The fourth-order valence-electron chi connectivity index (χ4n) is 1.42. The van der Waals surface area contributed by atoms with Gasteiger partial charge in [-0.2, -0.15) is 0 Å². The molecule has 0 fully saturated rings. The van der Waals surface area contributed by atoms with Crippen LogP contribution in [0.25, 0.3) is 0 Å². The Labute approximate surface area is 126 Å². The van der Waals surface area contributed by atoms with Crippen LogP contribution in [0.3, 0.4) is 0 Å². The molecule has 122 valence electrons. The van der Waals surface area contributed by atoms with Crippen LogP contribution in [0.1, 0.15) is 33.6 Å². The quantitative estimate of drug-likeness (QED) is 0.369. The minimum Gasteiger partial charge on any atom is -0.462 e. The Bertz CT molecular complexity index is 435. The largest absolute Gasteiger partial charge is 0.462 e. The molecule has 0 aliphatic rings. The smallest absolute Gasteiger partial charge is 0.338 e. The third kappa shape index (κ3) is 6.64. The molecule has 1 aromatic carbocycles. The van der Waals surface area contributed by atoms with Crippen molar-refractivity contribution in [1.29, 1.82) is 0 Å². The number of benzene rings is 1. The van der Waals surface area contributed by atoms with E-state index in [1.165, 1.54) is 24.3 Å². The lowest BCUT2D eigenvalue weighted by Gasteiger charge is -2.07. The highest BCUT2D eigenvalue weighted by Crippen LogP contribution is 2.08. The van der Waals surface area contributed by atoms with Gasteiger partial charge >= 0.3 is 11.9 Å². The summed E-state index contributed by atoms with van der Waals surface area (Å²) in [6, 6.07) is 5.48. The minimum atomic E-state index is -1.54. The Morgan fingerprint density at radius 1 is 0.773 bits per heavy atom. The molecule has 1 aromatic rings. The van der Waals surface area contributed by atoms with E-state index >= 15 is 0 Å². The van der Waals surface area contributed by atoms with Crippen LogP contribution >= 0.6 is 0 Å². The summed E-state index contributed by atoms with van der Waals surface area (Å²) in [7, 11) is 0. The van der Waals surface area contributed by atoms with Crippen LogP contribution in [0.2, 0.25) is 0 Å². The average Bonchev–Trinajstić information content (AvgIpc) is 2.46. The molecule has 0 radical (unpaired) electrons. The van der Waals surface area contributed by atoms with Crippen molar-refractivity contribution in [1.82, 2.24) is 0 Å². The Hall–Kier alpha value is -2.00. The van der Waals surface area contributed by atoms with Crippen LogP contribution in [0.15, 0.2) is 24.3 Å². The minimum absolute atomic E-state index is 0.0904. The van der Waals surface area contributed by atoms with Crippen molar-refractivity contribution in [2.45, 2.75) is 25.4 Å². The van der Waals surface area contributed by atoms with Gasteiger partial charge in [-0.05, 0) is 24.3 Å². The topological polar surface area (TPSA) is 134 Å². The predicted octanol–water partition coefficient (Wildman–Crippen LogP) is -0.598. The number of esters is 2. The number of rotatable bonds is 8. The lowest BCUT2D eigenvalue weighted by Crippen LogP contribution is -2.14. The number of carbonyl (C=O) groups is 2. The fraction of sp³-hybridized carbons (Fsp3) is 0.429. The number of ether oxygens (including phenoxy) is 2. The molecule has 0 saturated carbocycles. The van der Waals surface area contributed by atoms with Crippen molar-refractivity contribution in [2.75, 3.05) is 13.2 Å². The van der Waals surface area contributed by atoms with Crippen molar-refractivity contribution in [3.63, 3.8) is 0 Å². The van der Waals surface area contributed by atoms with E-state index < -0.39 is 24.5 Å². The normalized spacial score (nSPS) is 10.8. The first kappa shape index (κ1) is 18.1. The van der Waals surface area contributed by atoms with E-state index in [1.807, 2.05) is 0 Å². The van der Waals surface area contributed by atoms with Gasteiger partial charge in [0.05, 0.1) is 24.3 Å². The average molecular weight is 314 g/mol. The lowest BCUT2D eigenvalue weighted by molar-refractivity contribution is -0.0573. The first-order valence-electron chi connectivity index (χ1n) is 6.56. The Morgan fingerprint density at radius 2 is 1.09 bits per heavy atom. The van der Waals surface area contributed by atoms with Crippen molar-refractivity contribution in [2.24, 2.45) is 0 Å². The van der Waals surface area contributed by atoms with E-state index in [4.69, 9.17) is 29.9 Å². The Morgan fingerprint density at radius 3 is 1.36 bits per heavy atom. The van der Waals surface area contributed by atoms with Gasteiger partial charge in [0.2, 0.25) is 0 Å². The highest BCUT2D eigenvalue weighted by atomic mass is 16.5. The first-order valence-corrected chi connectivity index (χ1v) is 6.56. The zero-order valence-electron chi connectivity index (χ0n) is 11.7. The molecule has 0 aliphatic heterocycles. The standard InChI is InChI=1S/C14H18O8/c15-11(16)5-7-21-13(19)9-1-2-10(4-3-9)14(20)22-8-6-12(17)18/h1-4,11-12,15-18H,5-8H2. The summed E-state index contributed by atoms with van der Waals surface area (Å²) >= 11 is 0. The maximum absolute atomic E-state index is 11.6. The van der Waals surface area contributed by atoms with Gasteiger partial charge in [0.15, 0.2) is 12.6 Å². The molecule has 0 amide bonds. The molecule has 0 bridgehead atoms. The van der Waals surface area contributed by atoms with Crippen LogP contribution in [-0.2, 0) is 9.47 Å². The summed E-state index contributed by atoms with van der Waals surface area (Å²) in [4.78, 5) is 23.2. The van der Waals surface area contributed by atoms with Crippen LogP contribution in [-0.4, -0.2) is 58.2 Å². The van der Waals surface area contributed by atoms with Gasteiger partial charge in [-0.25, -0.2) is 9.59 Å². The monoisotopic (exact) mass is 314 g/mol. The van der Waals surface area contributed by atoms with Gasteiger partial charge in [-0.3, -0.25) is 0 Å². The highest BCUT2D eigenvalue weighted by molar-refractivity contribution is 5.93.